The zero-order chi connectivity index (χ0) is 12.0. The number of halogens is 3. The molecule has 1 aromatic rings. The third-order valence-corrected chi connectivity index (χ3v) is 2.34. The fourth-order valence-electron chi connectivity index (χ4n) is 1.51. The summed E-state index contributed by atoms with van der Waals surface area (Å²) < 4.78 is 36.4. The van der Waals surface area contributed by atoms with E-state index in [0.717, 1.165) is 5.56 Å². The van der Waals surface area contributed by atoms with Gasteiger partial charge in [0.15, 0.2) is 0 Å². The molecule has 90 valence electrons. The van der Waals surface area contributed by atoms with Gasteiger partial charge in [0, 0.05) is 6.04 Å². The van der Waals surface area contributed by atoms with E-state index in [1.54, 1.807) is 0 Å². The summed E-state index contributed by atoms with van der Waals surface area (Å²) in [5.41, 5.74) is 3.23. The van der Waals surface area contributed by atoms with Crippen molar-refractivity contribution in [1.82, 2.24) is 5.43 Å². The second-order valence-electron chi connectivity index (χ2n) is 3.71. The van der Waals surface area contributed by atoms with Gasteiger partial charge in [0.25, 0.3) is 0 Å². The van der Waals surface area contributed by atoms with Gasteiger partial charge in [-0.3, -0.25) is 11.3 Å². The Balaban J connectivity index is 2.40. The first-order valence-corrected chi connectivity index (χ1v) is 5.08. The minimum Gasteiger partial charge on any atom is -0.271 e. The zero-order valence-electron chi connectivity index (χ0n) is 8.80. The summed E-state index contributed by atoms with van der Waals surface area (Å²) >= 11 is 0. The molecule has 0 saturated heterocycles. The molecule has 0 fully saturated rings. The third-order valence-electron chi connectivity index (χ3n) is 2.34. The lowest BCUT2D eigenvalue weighted by Gasteiger charge is -2.17. The Kier molecular flexibility index (Phi) is 4.76. The third kappa shape index (κ3) is 5.14. The van der Waals surface area contributed by atoms with Crippen LogP contribution < -0.4 is 11.3 Å². The van der Waals surface area contributed by atoms with Crippen molar-refractivity contribution in [3.05, 3.63) is 35.9 Å². The zero-order valence-corrected chi connectivity index (χ0v) is 8.80. The monoisotopic (exact) mass is 232 g/mol. The molecule has 2 nitrogen and oxygen atoms in total. The van der Waals surface area contributed by atoms with E-state index in [1.807, 2.05) is 30.3 Å². The second-order valence-corrected chi connectivity index (χ2v) is 3.71. The van der Waals surface area contributed by atoms with E-state index in [2.05, 4.69) is 5.43 Å². The topological polar surface area (TPSA) is 38.0 Å². The molecule has 0 aliphatic heterocycles. The minimum atomic E-state index is -4.17. The molecular formula is C11H15F3N2. The molecular weight excluding hydrogens is 217 g/mol. The molecule has 0 saturated carbocycles. The smallest absolute Gasteiger partial charge is 0.271 e. The largest absolute Gasteiger partial charge is 0.390 e. The number of hydrogen-bond acceptors (Lipinski definition) is 2. The van der Waals surface area contributed by atoms with Gasteiger partial charge in [-0.25, -0.2) is 0 Å². The van der Waals surface area contributed by atoms with Crippen molar-refractivity contribution < 1.29 is 13.2 Å². The van der Waals surface area contributed by atoms with Gasteiger partial charge in [-0.1, -0.05) is 30.3 Å². The van der Waals surface area contributed by atoms with Crippen molar-refractivity contribution in [1.29, 1.82) is 0 Å². The average Bonchev–Trinajstić information content (AvgIpc) is 2.24. The molecule has 1 atom stereocenters. The molecule has 3 N–H and O–H groups in total. The first kappa shape index (κ1) is 13.0. The Labute approximate surface area is 92.6 Å². The molecule has 0 spiro atoms. The van der Waals surface area contributed by atoms with Gasteiger partial charge in [-0.15, -0.1) is 0 Å². The van der Waals surface area contributed by atoms with E-state index in [9.17, 15) is 13.2 Å². The number of benzene rings is 1. The van der Waals surface area contributed by atoms with Crippen LogP contribution in [0.5, 0.6) is 0 Å². The minimum absolute atomic E-state index is 0.375. The molecule has 0 radical (unpaired) electrons. The van der Waals surface area contributed by atoms with Crippen molar-refractivity contribution in [3.8, 4) is 0 Å². The molecule has 1 aromatic carbocycles. The van der Waals surface area contributed by atoms with E-state index < -0.39 is 18.6 Å². The maximum atomic E-state index is 12.1. The van der Waals surface area contributed by atoms with Crippen molar-refractivity contribution >= 4 is 0 Å². The summed E-state index contributed by atoms with van der Waals surface area (Å²) in [4.78, 5) is 0. The van der Waals surface area contributed by atoms with Crippen LogP contribution in [0.4, 0.5) is 13.2 Å². The fourth-order valence-corrected chi connectivity index (χ4v) is 1.51. The molecule has 0 aliphatic rings. The lowest BCUT2D eigenvalue weighted by molar-refractivity contribution is -0.140. The van der Waals surface area contributed by atoms with Crippen LogP contribution in [0.25, 0.3) is 0 Å². The van der Waals surface area contributed by atoms with Gasteiger partial charge < -0.3 is 0 Å². The predicted molar refractivity (Wildman–Crippen MR) is 56.5 cm³/mol. The van der Waals surface area contributed by atoms with Gasteiger partial charge in [0.1, 0.15) is 0 Å². The van der Waals surface area contributed by atoms with Crippen LogP contribution in [0.1, 0.15) is 18.4 Å². The lowest BCUT2D eigenvalue weighted by atomic mass is 10.0. The Morgan fingerprint density at radius 3 is 2.31 bits per heavy atom. The molecule has 16 heavy (non-hydrogen) atoms. The van der Waals surface area contributed by atoms with Crippen LogP contribution in [0.3, 0.4) is 0 Å². The van der Waals surface area contributed by atoms with Crippen LogP contribution in [0.15, 0.2) is 30.3 Å². The molecule has 0 aliphatic carbocycles. The molecule has 0 aromatic heterocycles. The standard InChI is InChI=1S/C11H15F3N2/c12-11(13,14)8-10(16-15)7-6-9-4-2-1-3-5-9/h1-5,10,16H,6-8,15H2. The van der Waals surface area contributed by atoms with Gasteiger partial charge in [-0.2, -0.15) is 13.2 Å². The summed E-state index contributed by atoms with van der Waals surface area (Å²) in [5, 5.41) is 0. The molecule has 1 rings (SSSR count). The van der Waals surface area contributed by atoms with Crippen LogP contribution in [0.2, 0.25) is 0 Å². The Bertz CT molecular complexity index is 298. The highest BCUT2D eigenvalue weighted by Gasteiger charge is 2.31. The molecule has 5 heteroatoms. The van der Waals surface area contributed by atoms with Gasteiger partial charge >= 0.3 is 6.18 Å². The number of nitrogens with one attached hydrogen (secondary N) is 1. The average molecular weight is 232 g/mol. The molecule has 0 amide bonds. The Morgan fingerprint density at radius 2 is 1.81 bits per heavy atom. The predicted octanol–water partition coefficient (Wildman–Crippen LogP) is 2.40. The lowest BCUT2D eigenvalue weighted by Crippen LogP contribution is -2.38. The molecule has 0 heterocycles. The SMILES string of the molecule is NNC(CCc1ccccc1)CC(F)(F)F. The van der Waals surface area contributed by atoms with Crippen LogP contribution >= 0.6 is 0 Å². The highest BCUT2D eigenvalue weighted by molar-refractivity contribution is 5.14. The second kappa shape index (κ2) is 5.86. The summed E-state index contributed by atoms with van der Waals surface area (Å²) in [7, 11) is 0. The highest BCUT2D eigenvalue weighted by Crippen LogP contribution is 2.23. The number of rotatable bonds is 5. The quantitative estimate of drug-likeness (QED) is 0.604. The van der Waals surface area contributed by atoms with Crippen molar-refractivity contribution in [3.63, 3.8) is 0 Å². The van der Waals surface area contributed by atoms with E-state index in [-0.39, 0.29) is 0 Å². The number of nitrogens with two attached hydrogens (primary N) is 1. The van der Waals surface area contributed by atoms with Crippen LogP contribution in [-0.2, 0) is 6.42 Å². The summed E-state index contributed by atoms with van der Waals surface area (Å²) in [6.45, 7) is 0. The normalized spacial score (nSPS) is 13.8. The Hall–Kier alpha value is -1.07. The highest BCUT2D eigenvalue weighted by atomic mass is 19.4. The summed E-state index contributed by atoms with van der Waals surface area (Å²) in [6, 6.07) is 8.66. The maximum absolute atomic E-state index is 12.1. The van der Waals surface area contributed by atoms with E-state index in [1.165, 1.54) is 0 Å². The Morgan fingerprint density at radius 1 is 1.19 bits per heavy atom. The number of hydrazine groups is 1. The van der Waals surface area contributed by atoms with Crippen molar-refractivity contribution in [2.75, 3.05) is 0 Å². The fraction of sp³-hybridized carbons (Fsp3) is 0.455. The van der Waals surface area contributed by atoms with Gasteiger partial charge in [-0.05, 0) is 18.4 Å². The molecule has 0 bridgehead atoms. The van der Waals surface area contributed by atoms with E-state index in [4.69, 9.17) is 5.84 Å². The maximum Gasteiger partial charge on any atom is 0.390 e. The van der Waals surface area contributed by atoms with Crippen LogP contribution in [-0.4, -0.2) is 12.2 Å². The van der Waals surface area contributed by atoms with E-state index in [0.29, 0.717) is 12.8 Å². The number of aryl methyl sites for hydroxylation is 1. The number of hydrogen-bond donors (Lipinski definition) is 2. The first-order chi connectivity index (χ1) is 7.51. The van der Waals surface area contributed by atoms with Crippen molar-refractivity contribution in [2.24, 2.45) is 5.84 Å². The van der Waals surface area contributed by atoms with Crippen LogP contribution in [0, 0.1) is 0 Å². The number of alkyl halides is 3. The van der Waals surface area contributed by atoms with Crippen molar-refractivity contribution in [2.45, 2.75) is 31.5 Å². The molecule has 1 unspecified atom stereocenters. The first-order valence-electron chi connectivity index (χ1n) is 5.08. The van der Waals surface area contributed by atoms with Gasteiger partial charge in [0.05, 0.1) is 6.42 Å². The van der Waals surface area contributed by atoms with E-state index >= 15 is 0 Å². The summed E-state index contributed by atoms with van der Waals surface area (Å²) in [6.07, 6.45) is -4.10. The van der Waals surface area contributed by atoms with Gasteiger partial charge in [0.2, 0.25) is 0 Å². The summed E-state index contributed by atoms with van der Waals surface area (Å²) in [5.74, 6) is 5.09.